The molecule has 1 aliphatic rings. The maximum atomic E-state index is 11.5. The molecule has 0 aliphatic carbocycles. The van der Waals surface area contributed by atoms with E-state index in [9.17, 15) is 10.1 Å². The molecule has 40 heavy (non-hydrogen) atoms. The number of anilines is 3. The molecule has 0 amide bonds. The smallest absolute Gasteiger partial charge is 0.329 e. The molecule has 0 saturated carbocycles. The number of aromatic nitrogens is 3. The average molecular weight is 576 g/mol. The predicted octanol–water partition coefficient (Wildman–Crippen LogP) is 5.72. The number of nitrogens with one attached hydrogen (secondary N) is 1. The van der Waals surface area contributed by atoms with E-state index < -0.39 is 13.7 Å². The molecule has 3 heterocycles. The Balaban J connectivity index is 1.76. The van der Waals surface area contributed by atoms with Crippen LogP contribution in [0.5, 0.6) is 5.88 Å². The molecule has 0 fully saturated rings. The molecule has 0 bridgehead atoms. The van der Waals surface area contributed by atoms with Crippen molar-refractivity contribution in [2.24, 2.45) is 0 Å². The lowest BCUT2D eigenvalue weighted by Crippen LogP contribution is -2.46. The standard InChI is InChI=1S/C28H33BClN6O3Si/c1-27(2,3)40(6,7)39-16-28(4)15-36(29-17-37)24-19(13-31)10-18(11-21(24)28)22-8-9-32-26(34-22)35-23-12-20(30)14-33-25(23)38-5/h8-12,14,17H,15-16H2,1-7H3,(H,32,34,35). The number of carbonyl (C=O) groups excluding carboxylic acids is 1. The molecule has 9 nitrogen and oxygen atoms in total. The molecule has 4 rings (SSSR count). The van der Waals surface area contributed by atoms with Crippen molar-refractivity contribution in [1.82, 2.24) is 15.0 Å². The number of benzene rings is 1. The minimum Gasteiger partial charge on any atom is -0.480 e. The van der Waals surface area contributed by atoms with Crippen LogP contribution in [0.3, 0.4) is 0 Å². The Labute approximate surface area is 242 Å². The van der Waals surface area contributed by atoms with Crippen LogP contribution in [0.4, 0.5) is 17.3 Å². The third-order valence-electron chi connectivity index (χ3n) is 7.69. The van der Waals surface area contributed by atoms with Crippen LogP contribution in [0.1, 0.15) is 38.8 Å². The highest BCUT2D eigenvalue weighted by atomic mass is 35.5. The van der Waals surface area contributed by atoms with Gasteiger partial charge in [0.05, 0.1) is 23.4 Å². The fourth-order valence-corrected chi connectivity index (χ4v) is 5.71. The molecule has 1 aliphatic heterocycles. The summed E-state index contributed by atoms with van der Waals surface area (Å²) in [5.41, 5.74) is 3.55. The van der Waals surface area contributed by atoms with Crippen molar-refractivity contribution < 1.29 is 14.0 Å². The Bertz CT molecular complexity index is 1480. The molecule has 1 atom stereocenters. The summed E-state index contributed by atoms with van der Waals surface area (Å²) < 4.78 is 12.0. The van der Waals surface area contributed by atoms with Gasteiger partial charge in [0.25, 0.3) is 0 Å². The maximum Gasteiger partial charge on any atom is 0.329 e. The normalized spacial score (nSPS) is 16.7. The van der Waals surface area contributed by atoms with Crippen LogP contribution in [-0.2, 0) is 14.6 Å². The minimum absolute atomic E-state index is 0.0462. The maximum absolute atomic E-state index is 11.5. The van der Waals surface area contributed by atoms with E-state index in [1.165, 1.54) is 20.7 Å². The van der Waals surface area contributed by atoms with Gasteiger partial charge >= 0.3 is 7.41 Å². The second-order valence-electron chi connectivity index (χ2n) is 11.7. The number of halogens is 1. The van der Waals surface area contributed by atoms with Crippen LogP contribution < -0.4 is 14.9 Å². The molecule has 0 spiro atoms. The monoisotopic (exact) mass is 575 g/mol. The Hall–Kier alpha value is -3.46. The van der Waals surface area contributed by atoms with Gasteiger partial charge < -0.3 is 24.1 Å². The van der Waals surface area contributed by atoms with Gasteiger partial charge in [0.1, 0.15) is 17.9 Å². The largest absolute Gasteiger partial charge is 0.480 e. The number of hydrogen-bond donors (Lipinski definition) is 1. The molecule has 12 heteroatoms. The summed E-state index contributed by atoms with van der Waals surface area (Å²) in [5.74, 6) is 0.672. The van der Waals surface area contributed by atoms with E-state index in [0.29, 0.717) is 46.9 Å². The predicted molar refractivity (Wildman–Crippen MR) is 162 cm³/mol. The van der Waals surface area contributed by atoms with E-state index >= 15 is 0 Å². The van der Waals surface area contributed by atoms with Gasteiger partial charge in [-0.2, -0.15) is 5.26 Å². The molecular weight excluding hydrogens is 543 g/mol. The highest BCUT2D eigenvalue weighted by Crippen LogP contribution is 2.46. The number of ether oxygens (including phenoxy) is 1. The molecular formula is C28H33BClN6O3Si. The van der Waals surface area contributed by atoms with Crippen molar-refractivity contribution >= 4 is 50.8 Å². The quantitative estimate of drug-likeness (QED) is 0.252. The molecule has 1 N–H and O–H groups in total. The first-order valence-electron chi connectivity index (χ1n) is 12.9. The van der Waals surface area contributed by atoms with E-state index in [4.69, 9.17) is 25.7 Å². The van der Waals surface area contributed by atoms with Crippen molar-refractivity contribution in [2.45, 2.75) is 51.2 Å². The summed E-state index contributed by atoms with van der Waals surface area (Å²) in [5, 5.41) is 13.8. The summed E-state index contributed by atoms with van der Waals surface area (Å²) >= 11 is 6.13. The summed E-state index contributed by atoms with van der Waals surface area (Å²) in [6.45, 7) is 14.2. The van der Waals surface area contributed by atoms with Gasteiger partial charge in [0.15, 0.2) is 8.32 Å². The van der Waals surface area contributed by atoms with Crippen LogP contribution in [0.15, 0.2) is 36.7 Å². The first kappa shape index (κ1) is 29.5. The van der Waals surface area contributed by atoms with Crippen molar-refractivity contribution in [3.8, 4) is 23.2 Å². The van der Waals surface area contributed by atoms with Crippen LogP contribution >= 0.6 is 11.6 Å². The summed E-state index contributed by atoms with van der Waals surface area (Å²) in [6, 6.07) is 9.62. The Morgan fingerprint density at radius 1 is 1.30 bits per heavy atom. The number of hydrogen-bond acceptors (Lipinski definition) is 9. The van der Waals surface area contributed by atoms with Crippen LogP contribution in [0, 0.1) is 11.3 Å². The zero-order chi connectivity index (χ0) is 29.3. The molecule has 2 aromatic heterocycles. The number of methoxy groups -OCH3 is 1. The number of rotatable bonds is 9. The number of fused-ring (bicyclic) bond motifs is 1. The van der Waals surface area contributed by atoms with E-state index in [1.54, 1.807) is 24.4 Å². The lowest BCUT2D eigenvalue weighted by atomic mass is 9.83. The number of carbonyl (C=O) groups is 1. The lowest BCUT2D eigenvalue weighted by Gasteiger charge is -2.39. The molecule has 0 saturated heterocycles. The molecule has 1 radical (unpaired) electrons. The first-order valence-corrected chi connectivity index (χ1v) is 16.2. The van der Waals surface area contributed by atoms with Crippen molar-refractivity contribution in [2.75, 3.05) is 30.4 Å². The Morgan fingerprint density at radius 2 is 2.05 bits per heavy atom. The highest BCUT2D eigenvalue weighted by molar-refractivity contribution is 6.74. The van der Waals surface area contributed by atoms with E-state index in [-0.39, 0.29) is 5.04 Å². The first-order chi connectivity index (χ1) is 18.8. The zero-order valence-electron chi connectivity index (χ0n) is 23.9. The van der Waals surface area contributed by atoms with Gasteiger partial charge in [-0.3, -0.25) is 0 Å². The van der Waals surface area contributed by atoms with Crippen molar-refractivity contribution in [1.29, 1.82) is 5.26 Å². The van der Waals surface area contributed by atoms with E-state index in [2.05, 4.69) is 62.1 Å². The zero-order valence-corrected chi connectivity index (χ0v) is 25.6. The molecule has 1 aromatic carbocycles. The Kier molecular flexibility index (Phi) is 8.26. The van der Waals surface area contributed by atoms with Gasteiger partial charge in [-0.25, -0.2) is 15.0 Å². The third-order valence-corrected chi connectivity index (χ3v) is 12.4. The van der Waals surface area contributed by atoms with Crippen LogP contribution in [-0.4, -0.2) is 57.1 Å². The molecule has 1 unspecified atom stereocenters. The molecule has 207 valence electrons. The second kappa shape index (κ2) is 11.2. The topological polar surface area (TPSA) is 113 Å². The van der Waals surface area contributed by atoms with Crippen LogP contribution in [0.2, 0.25) is 23.2 Å². The third kappa shape index (κ3) is 5.84. The number of nitrogens with zero attached hydrogens (tertiary/aromatic N) is 5. The van der Waals surface area contributed by atoms with Gasteiger partial charge in [0, 0.05) is 42.2 Å². The lowest BCUT2D eigenvalue weighted by molar-refractivity contribution is 0.219. The van der Waals surface area contributed by atoms with Crippen LogP contribution in [0.25, 0.3) is 11.3 Å². The number of nitriles is 1. The van der Waals surface area contributed by atoms with Gasteiger partial charge in [-0.15, -0.1) is 0 Å². The van der Waals surface area contributed by atoms with Gasteiger partial charge in [-0.1, -0.05) is 39.3 Å². The van der Waals surface area contributed by atoms with Crippen molar-refractivity contribution in [3.05, 3.63) is 52.8 Å². The van der Waals surface area contributed by atoms with Gasteiger partial charge in [-0.05, 0) is 48.0 Å². The second-order valence-corrected chi connectivity index (χ2v) is 16.9. The summed E-state index contributed by atoms with van der Waals surface area (Å²) in [6.07, 6.45) is 3.88. The summed E-state index contributed by atoms with van der Waals surface area (Å²) in [4.78, 5) is 26.6. The van der Waals surface area contributed by atoms with Gasteiger partial charge in [0.2, 0.25) is 11.8 Å². The fourth-order valence-electron chi connectivity index (χ4n) is 4.44. The minimum atomic E-state index is -2.05. The summed E-state index contributed by atoms with van der Waals surface area (Å²) in [7, 11) is 0.946. The Morgan fingerprint density at radius 3 is 2.70 bits per heavy atom. The van der Waals surface area contributed by atoms with E-state index in [0.717, 1.165) is 23.0 Å². The van der Waals surface area contributed by atoms with Crippen molar-refractivity contribution in [3.63, 3.8) is 0 Å². The molecule has 3 aromatic rings. The fraction of sp³-hybridized carbons (Fsp3) is 0.393. The highest BCUT2D eigenvalue weighted by Gasteiger charge is 2.44. The van der Waals surface area contributed by atoms with E-state index in [1.807, 2.05) is 10.9 Å². The number of pyridine rings is 1. The average Bonchev–Trinajstić information content (AvgIpc) is 3.19. The SMILES string of the molecule is COc1ncc(Cl)cc1Nc1nccc(-c2cc(C#N)c3c(c2)C(C)(CO[Si](C)(C)C(C)(C)C)CN3[B]C=O)n1.